The molecule has 0 saturated heterocycles. The molecule has 0 heterocycles. The van der Waals surface area contributed by atoms with E-state index < -0.39 is 0 Å². The Kier molecular flexibility index (Phi) is 3.97. The van der Waals surface area contributed by atoms with Crippen LogP contribution in [0.25, 0.3) is 0 Å². The summed E-state index contributed by atoms with van der Waals surface area (Å²) in [6.07, 6.45) is 1.53. The van der Waals surface area contributed by atoms with Crippen molar-refractivity contribution in [3.63, 3.8) is 0 Å². The molecule has 0 atom stereocenters. The molecule has 0 aromatic rings. The Morgan fingerprint density at radius 2 is 2.38 bits per heavy atom. The van der Waals surface area contributed by atoms with Crippen LogP contribution in [0.1, 0.15) is 0 Å². The van der Waals surface area contributed by atoms with Crippen molar-refractivity contribution >= 4 is 6.34 Å². The summed E-state index contributed by atoms with van der Waals surface area (Å²) in [6, 6.07) is 0. The molecule has 0 aromatic heterocycles. The maximum atomic E-state index is 4.65. The highest BCUT2D eigenvalue weighted by atomic mass is 16.7. The monoisotopic (exact) mass is 117 g/mol. The van der Waals surface area contributed by atoms with Crippen LogP contribution < -0.4 is 5.32 Å². The second-order valence-electron chi connectivity index (χ2n) is 1.18. The van der Waals surface area contributed by atoms with Crippen LogP contribution in [0, 0.1) is 0 Å². The highest BCUT2D eigenvalue weighted by Gasteiger charge is 1.79. The van der Waals surface area contributed by atoms with Crippen molar-refractivity contribution in [2.24, 2.45) is 5.10 Å². The molecule has 0 aliphatic heterocycles. The van der Waals surface area contributed by atoms with Crippen molar-refractivity contribution in [2.45, 2.75) is 0 Å². The predicted molar refractivity (Wildman–Crippen MR) is 32.3 cm³/mol. The van der Waals surface area contributed by atoms with Crippen LogP contribution in [0.5, 0.6) is 0 Å². The molecular weight excluding hydrogens is 106 g/mol. The highest BCUT2D eigenvalue weighted by Crippen LogP contribution is 1.76. The molecule has 0 aromatic carbocycles. The molecule has 0 fully saturated rings. The molecular formula is C4H11N3O. The standard InChI is InChI=1S/C4H11N3O/c1-5-4-6-7(2)8-3/h4H,1-3H3,(H,5,6). The number of hydroxylamine groups is 1. The van der Waals surface area contributed by atoms with Crippen LogP contribution in [0.15, 0.2) is 5.10 Å². The van der Waals surface area contributed by atoms with E-state index in [1.54, 1.807) is 21.2 Å². The summed E-state index contributed by atoms with van der Waals surface area (Å²) >= 11 is 0. The minimum atomic E-state index is 1.34. The minimum absolute atomic E-state index is 1.34. The molecule has 0 rings (SSSR count). The van der Waals surface area contributed by atoms with Gasteiger partial charge in [-0.1, -0.05) is 0 Å². The summed E-state index contributed by atoms with van der Waals surface area (Å²) in [5.74, 6) is 0. The number of hydrogen-bond donors (Lipinski definition) is 1. The van der Waals surface area contributed by atoms with Crippen molar-refractivity contribution < 1.29 is 4.84 Å². The van der Waals surface area contributed by atoms with Gasteiger partial charge in [0.05, 0.1) is 14.2 Å². The SMILES string of the molecule is CN/C=N\N(C)OC. The number of nitrogens with one attached hydrogen (secondary N) is 1. The van der Waals surface area contributed by atoms with E-state index in [1.807, 2.05) is 0 Å². The second-order valence-corrected chi connectivity index (χ2v) is 1.18. The lowest BCUT2D eigenvalue weighted by Crippen LogP contribution is -2.12. The smallest absolute Gasteiger partial charge is 0.111 e. The van der Waals surface area contributed by atoms with Gasteiger partial charge in [0.15, 0.2) is 0 Å². The van der Waals surface area contributed by atoms with Gasteiger partial charge in [-0.25, -0.2) is 0 Å². The lowest BCUT2D eigenvalue weighted by molar-refractivity contribution is -0.107. The molecule has 48 valence electrons. The molecule has 4 nitrogen and oxygen atoms in total. The molecule has 4 heteroatoms. The molecule has 0 aliphatic carbocycles. The van der Waals surface area contributed by atoms with Gasteiger partial charge in [-0.05, 0) is 0 Å². The van der Waals surface area contributed by atoms with Crippen LogP contribution >= 0.6 is 0 Å². The largest absolute Gasteiger partial charge is 0.378 e. The van der Waals surface area contributed by atoms with E-state index in [0.29, 0.717) is 0 Å². The lowest BCUT2D eigenvalue weighted by atomic mass is 11.2. The zero-order valence-electron chi connectivity index (χ0n) is 5.38. The van der Waals surface area contributed by atoms with E-state index in [2.05, 4.69) is 15.3 Å². The van der Waals surface area contributed by atoms with Crippen LogP contribution in [0.4, 0.5) is 0 Å². The number of rotatable bonds is 3. The van der Waals surface area contributed by atoms with Crippen molar-refractivity contribution in [2.75, 3.05) is 21.2 Å². The minimum Gasteiger partial charge on any atom is -0.378 e. The third-order valence-electron chi connectivity index (χ3n) is 0.614. The van der Waals surface area contributed by atoms with Gasteiger partial charge >= 0.3 is 0 Å². The summed E-state index contributed by atoms with van der Waals surface area (Å²) in [4.78, 5) is 4.65. The van der Waals surface area contributed by atoms with Crippen LogP contribution in [-0.4, -0.2) is 32.7 Å². The lowest BCUT2D eigenvalue weighted by Gasteiger charge is -2.05. The van der Waals surface area contributed by atoms with Gasteiger partial charge < -0.3 is 5.32 Å². The second kappa shape index (κ2) is 4.39. The highest BCUT2D eigenvalue weighted by molar-refractivity contribution is 5.52. The van der Waals surface area contributed by atoms with Crippen molar-refractivity contribution in [3.8, 4) is 0 Å². The maximum absolute atomic E-state index is 4.65. The van der Waals surface area contributed by atoms with E-state index in [4.69, 9.17) is 0 Å². The Balaban J connectivity index is 3.21. The van der Waals surface area contributed by atoms with E-state index in [0.717, 1.165) is 0 Å². The van der Waals surface area contributed by atoms with E-state index in [-0.39, 0.29) is 0 Å². The van der Waals surface area contributed by atoms with Gasteiger partial charge in [-0.3, -0.25) is 4.84 Å². The van der Waals surface area contributed by atoms with Crippen molar-refractivity contribution in [1.29, 1.82) is 0 Å². The first-order valence-electron chi connectivity index (χ1n) is 2.28. The fourth-order valence-electron chi connectivity index (χ4n) is 0.186. The number of hydrogen-bond acceptors (Lipinski definition) is 3. The Labute approximate surface area is 49.1 Å². The Morgan fingerprint density at radius 1 is 1.75 bits per heavy atom. The van der Waals surface area contributed by atoms with Gasteiger partial charge in [0.1, 0.15) is 6.34 Å². The topological polar surface area (TPSA) is 36.9 Å². The fourth-order valence-corrected chi connectivity index (χ4v) is 0.186. The normalized spacial score (nSPS) is 9.88. The van der Waals surface area contributed by atoms with Gasteiger partial charge in [0.2, 0.25) is 0 Å². The molecule has 0 radical (unpaired) electrons. The summed E-state index contributed by atoms with van der Waals surface area (Å²) < 4.78 is 0. The maximum Gasteiger partial charge on any atom is 0.111 e. The summed E-state index contributed by atoms with van der Waals surface area (Å²) in [5, 5.41) is 7.80. The van der Waals surface area contributed by atoms with Crippen molar-refractivity contribution in [3.05, 3.63) is 0 Å². The molecule has 0 saturated carbocycles. The Bertz CT molecular complexity index is 73.7. The first kappa shape index (κ1) is 7.23. The van der Waals surface area contributed by atoms with E-state index in [1.165, 1.54) is 11.5 Å². The molecule has 8 heavy (non-hydrogen) atoms. The van der Waals surface area contributed by atoms with Gasteiger partial charge in [-0.2, -0.15) is 5.17 Å². The van der Waals surface area contributed by atoms with Crippen LogP contribution in [0.2, 0.25) is 0 Å². The first-order chi connectivity index (χ1) is 3.81. The average Bonchev–Trinajstić information content (AvgIpc) is 1.83. The number of nitrogens with zero attached hydrogens (tertiary/aromatic N) is 2. The molecule has 0 bridgehead atoms. The quantitative estimate of drug-likeness (QED) is 0.311. The van der Waals surface area contributed by atoms with Crippen LogP contribution in [0.3, 0.4) is 0 Å². The van der Waals surface area contributed by atoms with Gasteiger partial charge in [-0.15, -0.1) is 5.10 Å². The molecule has 0 aliphatic rings. The summed E-state index contributed by atoms with van der Waals surface area (Å²) in [7, 11) is 5.02. The summed E-state index contributed by atoms with van der Waals surface area (Å²) in [5.41, 5.74) is 0. The zero-order valence-corrected chi connectivity index (χ0v) is 5.38. The Morgan fingerprint density at radius 3 is 2.75 bits per heavy atom. The zero-order chi connectivity index (χ0) is 6.41. The summed E-state index contributed by atoms with van der Waals surface area (Å²) in [6.45, 7) is 0. The van der Waals surface area contributed by atoms with E-state index >= 15 is 0 Å². The van der Waals surface area contributed by atoms with Gasteiger partial charge in [0.25, 0.3) is 0 Å². The number of hydrazone groups is 1. The van der Waals surface area contributed by atoms with Crippen molar-refractivity contribution in [1.82, 2.24) is 10.5 Å². The third kappa shape index (κ3) is 3.42. The van der Waals surface area contributed by atoms with Gasteiger partial charge in [0, 0.05) is 7.05 Å². The van der Waals surface area contributed by atoms with Crippen LogP contribution in [-0.2, 0) is 4.84 Å². The molecule has 0 amide bonds. The average molecular weight is 117 g/mol. The third-order valence-corrected chi connectivity index (χ3v) is 0.614. The fraction of sp³-hybridized carbons (Fsp3) is 0.750. The predicted octanol–water partition coefficient (Wildman–Crippen LogP) is -0.358. The Hall–Kier alpha value is -0.770. The molecule has 0 unspecified atom stereocenters. The molecule has 0 spiro atoms. The first-order valence-corrected chi connectivity index (χ1v) is 2.28. The molecule has 1 N–H and O–H groups in total. The van der Waals surface area contributed by atoms with E-state index in [9.17, 15) is 0 Å².